The molecule has 0 amide bonds. The standard InChI is InChI=1S/C15H20FN5/c1-2-3-9-17-14-11-19-21-15(20-14)18-10-8-12-4-6-13(16)7-5-12/h4-7,11H,2-3,8-10H2,1H3,(H2,17,18,20,21). The lowest BCUT2D eigenvalue weighted by atomic mass is 10.1. The zero-order valence-corrected chi connectivity index (χ0v) is 12.1. The molecule has 112 valence electrons. The monoisotopic (exact) mass is 289 g/mol. The van der Waals surface area contributed by atoms with Gasteiger partial charge in [0.1, 0.15) is 11.6 Å². The topological polar surface area (TPSA) is 62.7 Å². The predicted molar refractivity (Wildman–Crippen MR) is 81.8 cm³/mol. The Morgan fingerprint density at radius 2 is 1.90 bits per heavy atom. The second-order valence-electron chi connectivity index (χ2n) is 4.75. The Labute approximate surface area is 124 Å². The predicted octanol–water partition coefficient (Wildman–Crippen LogP) is 2.88. The van der Waals surface area contributed by atoms with Crippen LogP contribution in [0.25, 0.3) is 0 Å². The maximum atomic E-state index is 12.8. The first-order valence-electron chi connectivity index (χ1n) is 7.20. The molecule has 5 nitrogen and oxygen atoms in total. The summed E-state index contributed by atoms with van der Waals surface area (Å²) in [5.74, 6) is 1.01. The van der Waals surface area contributed by atoms with E-state index in [0.717, 1.165) is 37.2 Å². The van der Waals surface area contributed by atoms with Crippen LogP contribution in [0.1, 0.15) is 25.3 Å². The maximum Gasteiger partial charge on any atom is 0.244 e. The van der Waals surface area contributed by atoms with Gasteiger partial charge in [0.05, 0.1) is 6.20 Å². The average molecular weight is 289 g/mol. The molecule has 2 rings (SSSR count). The number of nitrogens with one attached hydrogen (secondary N) is 2. The lowest BCUT2D eigenvalue weighted by Crippen LogP contribution is -2.11. The van der Waals surface area contributed by atoms with E-state index in [2.05, 4.69) is 32.7 Å². The zero-order valence-electron chi connectivity index (χ0n) is 12.1. The number of unbranched alkanes of at least 4 members (excludes halogenated alkanes) is 1. The van der Waals surface area contributed by atoms with Gasteiger partial charge in [-0.25, -0.2) is 4.39 Å². The summed E-state index contributed by atoms with van der Waals surface area (Å²) in [4.78, 5) is 4.33. The normalized spacial score (nSPS) is 10.4. The molecule has 2 N–H and O–H groups in total. The van der Waals surface area contributed by atoms with Crippen LogP contribution < -0.4 is 10.6 Å². The van der Waals surface area contributed by atoms with Crippen LogP contribution in [-0.4, -0.2) is 28.3 Å². The third-order valence-electron chi connectivity index (χ3n) is 3.01. The van der Waals surface area contributed by atoms with Crippen molar-refractivity contribution in [3.63, 3.8) is 0 Å². The van der Waals surface area contributed by atoms with Crippen LogP contribution in [0.15, 0.2) is 30.5 Å². The van der Waals surface area contributed by atoms with Crippen molar-refractivity contribution < 1.29 is 4.39 Å². The lowest BCUT2D eigenvalue weighted by molar-refractivity contribution is 0.627. The summed E-state index contributed by atoms with van der Waals surface area (Å²) >= 11 is 0. The smallest absolute Gasteiger partial charge is 0.244 e. The number of hydrogen-bond donors (Lipinski definition) is 2. The summed E-state index contributed by atoms with van der Waals surface area (Å²) in [5, 5.41) is 14.2. The van der Waals surface area contributed by atoms with Gasteiger partial charge in [0.25, 0.3) is 0 Å². The van der Waals surface area contributed by atoms with Crippen molar-refractivity contribution in [2.75, 3.05) is 23.7 Å². The van der Waals surface area contributed by atoms with Crippen LogP contribution in [0.3, 0.4) is 0 Å². The number of aromatic nitrogens is 3. The Hall–Kier alpha value is -2.24. The van der Waals surface area contributed by atoms with Crippen molar-refractivity contribution in [1.82, 2.24) is 15.2 Å². The molecule has 0 aliphatic carbocycles. The SMILES string of the molecule is CCCCNc1cnnc(NCCc2ccc(F)cc2)n1. The van der Waals surface area contributed by atoms with Crippen molar-refractivity contribution in [3.05, 3.63) is 41.8 Å². The van der Waals surface area contributed by atoms with Crippen molar-refractivity contribution in [3.8, 4) is 0 Å². The van der Waals surface area contributed by atoms with Gasteiger partial charge >= 0.3 is 0 Å². The van der Waals surface area contributed by atoms with E-state index >= 15 is 0 Å². The first kappa shape index (κ1) is 15.2. The highest BCUT2D eigenvalue weighted by atomic mass is 19.1. The highest BCUT2D eigenvalue weighted by molar-refractivity contribution is 5.36. The van der Waals surface area contributed by atoms with Gasteiger partial charge in [-0.15, -0.1) is 5.10 Å². The van der Waals surface area contributed by atoms with E-state index in [1.54, 1.807) is 18.3 Å². The molecule has 0 saturated carbocycles. The number of nitrogens with zero attached hydrogens (tertiary/aromatic N) is 3. The summed E-state index contributed by atoms with van der Waals surface area (Å²) < 4.78 is 12.8. The minimum absolute atomic E-state index is 0.218. The van der Waals surface area contributed by atoms with Gasteiger partial charge in [0.2, 0.25) is 5.95 Å². The Balaban J connectivity index is 1.79. The molecule has 0 saturated heterocycles. The van der Waals surface area contributed by atoms with Crippen LogP contribution in [0.4, 0.5) is 16.2 Å². The minimum atomic E-state index is -0.218. The molecule has 1 aromatic heterocycles. The largest absolute Gasteiger partial charge is 0.369 e. The van der Waals surface area contributed by atoms with E-state index in [-0.39, 0.29) is 5.82 Å². The second kappa shape index (κ2) is 8.14. The van der Waals surface area contributed by atoms with Gasteiger partial charge in [-0.3, -0.25) is 0 Å². The molecule has 1 aromatic carbocycles. The van der Waals surface area contributed by atoms with E-state index in [0.29, 0.717) is 12.5 Å². The van der Waals surface area contributed by atoms with E-state index in [1.165, 1.54) is 12.1 Å². The molecule has 21 heavy (non-hydrogen) atoms. The third kappa shape index (κ3) is 5.33. The van der Waals surface area contributed by atoms with Crippen LogP contribution >= 0.6 is 0 Å². The fourth-order valence-electron chi connectivity index (χ4n) is 1.83. The highest BCUT2D eigenvalue weighted by Gasteiger charge is 2.00. The Kier molecular flexibility index (Phi) is 5.87. The highest BCUT2D eigenvalue weighted by Crippen LogP contribution is 2.06. The van der Waals surface area contributed by atoms with Crippen molar-refractivity contribution in [2.45, 2.75) is 26.2 Å². The quantitative estimate of drug-likeness (QED) is 0.732. The Bertz CT molecular complexity index is 544. The summed E-state index contributed by atoms with van der Waals surface area (Å²) in [7, 11) is 0. The molecule has 0 fully saturated rings. The third-order valence-corrected chi connectivity index (χ3v) is 3.01. The van der Waals surface area contributed by atoms with Gasteiger partial charge in [0, 0.05) is 13.1 Å². The van der Waals surface area contributed by atoms with E-state index in [1.807, 2.05) is 0 Å². The summed E-state index contributed by atoms with van der Waals surface area (Å²) in [6.07, 6.45) is 4.61. The van der Waals surface area contributed by atoms with Gasteiger partial charge in [-0.1, -0.05) is 25.5 Å². The molecule has 2 aromatic rings. The number of hydrogen-bond acceptors (Lipinski definition) is 5. The maximum absolute atomic E-state index is 12.8. The molecule has 0 aliphatic heterocycles. The van der Waals surface area contributed by atoms with Gasteiger partial charge < -0.3 is 10.6 Å². The minimum Gasteiger partial charge on any atom is -0.369 e. The molecular formula is C15H20FN5. The van der Waals surface area contributed by atoms with Gasteiger partial charge in [-0.2, -0.15) is 10.1 Å². The van der Waals surface area contributed by atoms with Gasteiger partial charge in [0.15, 0.2) is 0 Å². The first-order valence-corrected chi connectivity index (χ1v) is 7.20. The molecule has 0 aliphatic rings. The summed E-state index contributed by atoms with van der Waals surface area (Å²) in [6, 6.07) is 6.48. The van der Waals surface area contributed by atoms with Crippen LogP contribution in [0.5, 0.6) is 0 Å². The van der Waals surface area contributed by atoms with Crippen molar-refractivity contribution in [1.29, 1.82) is 0 Å². The molecule has 6 heteroatoms. The fourth-order valence-corrected chi connectivity index (χ4v) is 1.83. The van der Waals surface area contributed by atoms with Crippen molar-refractivity contribution >= 4 is 11.8 Å². The van der Waals surface area contributed by atoms with Crippen LogP contribution in [-0.2, 0) is 6.42 Å². The van der Waals surface area contributed by atoms with Crippen LogP contribution in [0, 0.1) is 5.82 Å². The van der Waals surface area contributed by atoms with Crippen molar-refractivity contribution in [2.24, 2.45) is 0 Å². The van der Waals surface area contributed by atoms with E-state index < -0.39 is 0 Å². The molecule has 0 unspecified atom stereocenters. The average Bonchev–Trinajstić information content (AvgIpc) is 2.50. The summed E-state index contributed by atoms with van der Waals surface area (Å²) in [6.45, 7) is 3.69. The number of anilines is 2. The Morgan fingerprint density at radius 3 is 2.67 bits per heavy atom. The van der Waals surface area contributed by atoms with E-state index in [4.69, 9.17) is 0 Å². The fraction of sp³-hybridized carbons (Fsp3) is 0.400. The first-order chi connectivity index (χ1) is 10.3. The molecule has 0 spiro atoms. The molecular weight excluding hydrogens is 269 g/mol. The Morgan fingerprint density at radius 1 is 1.10 bits per heavy atom. The number of halogens is 1. The molecule has 0 bridgehead atoms. The molecule has 1 heterocycles. The molecule has 0 atom stereocenters. The van der Waals surface area contributed by atoms with Crippen LogP contribution in [0.2, 0.25) is 0 Å². The number of rotatable bonds is 8. The molecule has 0 radical (unpaired) electrons. The summed E-state index contributed by atoms with van der Waals surface area (Å²) in [5.41, 5.74) is 1.06. The zero-order chi connectivity index (χ0) is 14.9. The lowest BCUT2D eigenvalue weighted by Gasteiger charge is -2.07. The van der Waals surface area contributed by atoms with Gasteiger partial charge in [-0.05, 0) is 30.5 Å². The van der Waals surface area contributed by atoms with E-state index in [9.17, 15) is 4.39 Å². The second-order valence-corrected chi connectivity index (χ2v) is 4.75. The number of benzene rings is 1.